The van der Waals surface area contributed by atoms with Crippen LogP contribution in [0.4, 0.5) is 0 Å². The summed E-state index contributed by atoms with van der Waals surface area (Å²) in [4.78, 5) is 17.0. The van der Waals surface area contributed by atoms with E-state index in [4.69, 9.17) is 4.84 Å². The van der Waals surface area contributed by atoms with Gasteiger partial charge in [0.15, 0.2) is 0 Å². The Labute approximate surface area is 105 Å². The molecule has 0 amide bonds. The smallest absolute Gasteiger partial charge is 0.356 e. The molecule has 96 valence electrons. The molecule has 1 aromatic rings. The van der Waals surface area contributed by atoms with Gasteiger partial charge < -0.3 is 14.7 Å². The molecule has 0 aliphatic carbocycles. The van der Waals surface area contributed by atoms with E-state index in [1.54, 1.807) is 0 Å². The second-order valence-corrected chi connectivity index (χ2v) is 4.23. The minimum atomic E-state index is -1.43. The third-order valence-electron chi connectivity index (χ3n) is 3.06. The number of aliphatic hydroxyl groups excluding tert-OH is 1. The van der Waals surface area contributed by atoms with Gasteiger partial charge in [0.25, 0.3) is 5.60 Å². The molecule has 1 N–H and O–H groups in total. The van der Waals surface area contributed by atoms with Gasteiger partial charge in [-0.3, -0.25) is 0 Å². The van der Waals surface area contributed by atoms with E-state index >= 15 is 0 Å². The summed E-state index contributed by atoms with van der Waals surface area (Å²) in [5, 5.41) is 13.7. The number of nitrogens with zero attached hydrogens (tertiary/aromatic N) is 1. The molecule has 0 fully saturated rings. The van der Waals surface area contributed by atoms with Crippen molar-refractivity contribution in [1.82, 2.24) is 0 Å². The Morgan fingerprint density at radius 1 is 1.50 bits per heavy atom. The highest BCUT2D eigenvalue weighted by Crippen LogP contribution is 2.31. The Morgan fingerprint density at radius 2 is 2.17 bits per heavy atom. The lowest BCUT2D eigenvalue weighted by Crippen LogP contribution is -2.49. The second kappa shape index (κ2) is 4.78. The van der Waals surface area contributed by atoms with Crippen molar-refractivity contribution >= 4 is 11.7 Å². The van der Waals surface area contributed by atoms with Crippen LogP contribution in [0.1, 0.15) is 18.9 Å². The average Bonchev–Trinajstić information content (AvgIpc) is 2.85. The molecule has 1 aliphatic rings. The van der Waals surface area contributed by atoms with Gasteiger partial charge in [-0.05, 0) is 12.5 Å². The molecule has 0 aromatic heterocycles. The van der Waals surface area contributed by atoms with Gasteiger partial charge in [-0.25, -0.2) is 4.79 Å². The molecular formula is C13H15NO4. The van der Waals surface area contributed by atoms with Gasteiger partial charge in [-0.15, -0.1) is 0 Å². The summed E-state index contributed by atoms with van der Waals surface area (Å²) in [6.45, 7) is 1.49. The van der Waals surface area contributed by atoms with Gasteiger partial charge in [0.1, 0.15) is 6.10 Å². The van der Waals surface area contributed by atoms with Crippen LogP contribution in [-0.2, 0) is 14.4 Å². The highest BCUT2D eigenvalue weighted by atomic mass is 16.7. The van der Waals surface area contributed by atoms with Crippen molar-refractivity contribution in [2.75, 3.05) is 7.11 Å². The van der Waals surface area contributed by atoms with Crippen LogP contribution < -0.4 is 0 Å². The normalized spacial score (nSPS) is 24.1. The predicted octanol–water partition coefficient (Wildman–Crippen LogP) is 1.10. The first-order chi connectivity index (χ1) is 8.60. The summed E-state index contributed by atoms with van der Waals surface area (Å²) in [5.74, 6) is -0.618. The molecular weight excluding hydrogens is 234 g/mol. The lowest BCUT2D eigenvalue weighted by molar-refractivity contribution is -0.179. The van der Waals surface area contributed by atoms with E-state index in [2.05, 4.69) is 9.89 Å². The van der Waals surface area contributed by atoms with Crippen molar-refractivity contribution in [3.63, 3.8) is 0 Å². The lowest BCUT2D eigenvalue weighted by Gasteiger charge is -2.26. The number of methoxy groups -OCH3 is 1. The third-order valence-corrected chi connectivity index (χ3v) is 3.06. The largest absolute Gasteiger partial charge is 0.466 e. The topological polar surface area (TPSA) is 68.1 Å². The Balaban J connectivity index is 2.25. The number of esters is 1. The minimum absolute atomic E-state index is 0.196. The fourth-order valence-corrected chi connectivity index (χ4v) is 1.91. The molecule has 0 spiro atoms. The highest BCUT2D eigenvalue weighted by molar-refractivity contribution is 6.04. The number of carbonyl (C=O) groups excluding carboxylic acids is 1. The van der Waals surface area contributed by atoms with E-state index in [1.165, 1.54) is 14.0 Å². The van der Waals surface area contributed by atoms with Crippen molar-refractivity contribution in [2.45, 2.75) is 25.0 Å². The van der Waals surface area contributed by atoms with Gasteiger partial charge in [-0.2, -0.15) is 0 Å². The lowest BCUT2D eigenvalue weighted by atomic mass is 9.90. The minimum Gasteiger partial charge on any atom is -0.466 e. The summed E-state index contributed by atoms with van der Waals surface area (Å²) < 4.78 is 4.69. The number of aliphatic hydroxyl groups is 1. The monoisotopic (exact) mass is 249 g/mol. The zero-order valence-corrected chi connectivity index (χ0v) is 10.3. The number of benzene rings is 1. The maximum atomic E-state index is 11.8. The number of ether oxygens (including phenoxy) is 1. The second-order valence-electron chi connectivity index (χ2n) is 4.23. The zero-order valence-electron chi connectivity index (χ0n) is 10.3. The predicted molar refractivity (Wildman–Crippen MR) is 65.1 cm³/mol. The maximum absolute atomic E-state index is 11.8. The average molecular weight is 249 g/mol. The van der Waals surface area contributed by atoms with E-state index < -0.39 is 17.7 Å². The molecule has 2 atom stereocenters. The number of oxime groups is 1. The summed E-state index contributed by atoms with van der Waals surface area (Å²) >= 11 is 0. The first-order valence-electron chi connectivity index (χ1n) is 5.67. The van der Waals surface area contributed by atoms with Crippen LogP contribution in [-0.4, -0.2) is 35.6 Å². The summed E-state index contributed by atoms with van der Waals surface area (Å²) in [6.07, 6.45) is -0.809. The van der Waals surface area contributed by atoms with E-state index in [9.17, 15) is 9.90 Å². The van der Waals surface area contributed by atoms with Gasteiger partial charge in [0, 0.05) is 0 Å². The van der Waals surface area contributed by atoms with Crippen molar-refractivity contribution in [2.24, 2.45) is 5.16 Å². The molecule has 0 radical (unpaired) electrons. The number of hydrogen-bond donors (Lipinski definition) is 1. The maximum Gasteiger partial charge on any atom is 0.356 e. The van der Waals surface area contributed by atoms with Crippen LogP contribution in [0.3, 0.4) is 0 Å². The molecule has 5 nitrogen and oxygen atoms in total. The van der Waals surface area contributed by atoms with E-state index in [-0.39, 0.29) is 6.42 Å². The molecule has 0 unspecified atom stereocenters. The van der Waals surface area contributed by atoms with Gasteiger partial charge >= 0.3 is 5.97 Å². The van der Waals surface area contributed by atoms with Crippen LogP contribution in [0, 0.1) is 0 Å². The summed E-state index contributed by atoms with van der Waals surface area (Å²) in [6, 6.07) is 9.38. The van der Waals surface area contributed by atoms with Gasteiger partial charge in [0.05, 0.1) is 19.2 Å². The van der Waals surface area contributed by atoms with E-state index in [0.717, 1.165) is 5.56 Å². The molecule has 5 heteroatoms. The van der Waals surface area contributed by atoms with Crippen molar-refractivity contribution in [3.8, 4) is 0 Å². The molecule has 1 aliphatic heterocycles. The standard InChI is InChI=1S/C13H15NO4/c1-9(15)13(12(16)17-2)8-11(14-18-13)10-6-4-3-5-7-10/h3-7,9,15H,8H2,1-2H3/t9-,13+/m0/s1. The summed E-state index contributed by atoms with van der Waals surface area (Å²) in [7, 11) is 1.26. The van der Waals surface area contributed by atoms with Crippen molar-refractivity contribution < 1.29 is 19.5 Å². The summed E-state index contributed by atoms with van der Waals surface area (Å²) in [5.41, 5.74) is 0.0609. The Bertz CT molecular complexity index is 469. The zero-order chi connectivity index (χ0) is 13.2. The van der Waals surface area contributed by atoms with Crippen molar-refractivity contribution in [3.05, 3.63) is 35.9 Å². The van der Waals surface area contributed by atoms with Crippen molar-refractivity contribution in [1.29, 1.82) is 0 Å². The number of carbonyl (C=O) groups is 1. The Morgan fingerprint density at radius 3 is 2.72 bits per heavy atom. The molecule has 1 aromatic carbocycles. The first kappa shape index (κ1) is 12.6. The quantitative estimate of drug-likeness (QED) is 0.815. The first-order valence-corrected chi connectivity index (χ1v) is 5.67. The Kier molecular flexibility index (Phi) is 3.34. The Hall–Kier alpha value is -1.88. The highest BCUT2D eigenvalue weighted by Gasteiger charge is 2.52. The SMILES string of the molecule is COC(=O)[C@]1([C@H](C)O)CC(c2ccccc2)=NO1. The van der Waals surface area contributed by atoms with Crippen LogP contribution in [0.2, 0.25) is 0 Å². The fourth-order valence-electron chi connectivity index (χ4n) is 1.91. The molecule has 2 rings (SSSR count). The molecule has 18 heavy (non-hydrogen) atoms. The fraction of sp³-hybridized carbons (Fsp3) is 0.385. The molecule has 0 bridgehead atoms. The van der Waals surface area contributed by atoms with Crippen LogP contribution in [0.5, 0.6) is 0 Å². The van der Waals surface area contributed by atoms with Crippen LogP contribution in [0.15, 0.2) is 35.5 Å². The third kappa shape index (κ3) is 1.97. The number of hydrogen-bond acceptors (Lipinski definition) is 5. The van der Waals surface area contributed by atoms with Crippen LogP contribution >= 0.6 is 0 Å². The van der Waals surface area contributed by atoms with Crippen LogP contribution in [0.25, 0.3) is 0 Å². The van der Waals surface area contributed by atoms with E-state index in [1.807, 2.05) is 30.3 Å². The molecule has 1 heterocycles. The number of rotatable bonds is 3. The van der Waals surface area contributed by atoms with Gasteiger partial charge in [-0.1, -0.05) is 35.5 Å². The van der Waals surface area contributed by atoms with E-state index in [0.29, 0.717) is 5.71 Å². The molecule has 0 saturated carbocycles. The molecule has 0 saturated heterocycles. The van der Waals surface area contributed by atoms with Gasteiger partial charge in [0.2, 0.25) is 0 Å².